The molecule has 0 aromatic heterocycles. The average Bonchev–Trinajstić information content (AvgIpc) is 2.27. The zero-order chi connectivity index (χ0) is 11.1. The van der Waals surface area contributed by atoms with Crippen LogP contribution in [-0.2, 0) is 0 Å². The SMILES string of the molecule is C\C=C/C(C)=N\C=C(/C)C1CCNCC1. The lowest BCUT2D eigenvalue weighted by atomic mass is 9.91. The number of nitrogens with zero attached hydrogens (tertiary/aromatic N) is 1. The molecule has 0 atom stereocenters. The smallest absolute Gasteiger partial charge is 0.0369 e. The van der Waals surface area contributed by atoms with Gasteiger partial charge in [-0.1, -0.05) is 11.6 Å². The molecule has 0 saturated carbocycles. The predicted octanol–water partition coefficient (Wildman–Crippen LogP) is 2.93. The lowest BCUT2D eigenvalue weighted by Gasteiger charge is -2.22. The highest BCUT2D eigenvalue weighted by Crippen LogP contribution is 2.20. The van der Waals surface area contributed by atoms with Crippen LogP contribution in [-0.4, -0.2) is 18.8 Å². The molecule has 1 N–H and O–H groups in total. The van der Waals surface area contributed by atoms with Crippen LogP contribution in [0.1, 0.15) is 33.6 Å². The van der Waals surface area contributed by atoms with Crippen LogP contribution in [0.5, 0.6) is 0 Å². The Morgan fingerprint density at radius 3 is 2.53 bits per heavy atom. The number of aliphatic imine (C=N–C) groups is 1. The van der Waals surface area contributed by atoms with Gasteiger partial charge in [-0.25, -0.2) is 0 Å². The van der Waals surface area contributed by atoms with Gasteiger partial charge < -0.3 is 5.32 Å². The monoisotopic (exact) mass is 206 g/mol. The minimum atomic E-state index is 0.730. The molecule has 0 radical (unpaired) electrons. The Balaban J connectivity index is 2.54. The van der Waals surface area contributed by atoms with Crippen LogP contribution in [0.25, 0.3) is 0 Å². The van der Waals surface area contributed by atoms with Gasteiger partial charge in [-0.05, 0) is 58.7 Å². The highest BCUT2D eigenvalue weighted by Gasteiger charge is 2.13. The van der Waals surface area contributed by atoms with Crippen molar-refractivity contribution in [1.82, 2.24) is 5.32 Å². The molecular formula is C13H22N2. The van der Waals surface area contributed by atoms with E-state index in [0.717, 1.165) is 24.7 Å². The summed E-state index contributed by atoms with van der Waals surface area (Å²) in [5.41, 5.74) is 2.49. The van der Waals surface area contributed by atoms with Crippen LogP contribution in [0.2, 0.25) is 0 Å². The second kappa shape index (κ2) is 6.57. The van der Waals surface area contributed by atoms with E-state index >= 15 is 0 Å². The summed E-state index contributed by atoms with van der Waals surface area (Å²) in [5, 5.41) is 3.38. The van der Waals surface area contributed by atoms with Gasteiger partial charge in [0.15, 0.2) is 0 Å². The predicted molar refractivity (Wildman–Crippen MR) is 67.3 cm³/mol. The summed E-state index contributed by atoms with van der Waals surface area (Å²) in [7, 11) is 0. The maximum Gasteiger partial charge on any atom is 0.0369 e. The first-order valence-corrected chi connectivity index (χ1v) is 5.78. The van der Waals surface area contributed by atoms with E-state index in [1.165, 1.54) is 18.4 Å². The van der Waals surface area contributed by atoms with Crippen molar-refractivity contribution in [3.63, 3.8) is 0 Å². The highest BCUT2D eigenvalue weighted by molar-refractivity contribution is 5.93. The van der Waals surface area contributed by atoms with Crippen LogP contribution >= 0.6 is 0 Å². The maximum absolute atomic E-state index is 4.44. The van der Waals surface area contributed by atoms with E-state index in [0.29, 0.717) is 0 Å². The number of rotatable bonds is 3. The summed E-state index contributed by atoms with van der Waals surface area (Å²) in [6.45, 7) is 8.54. The van der Waals surface area contributed by atoms with Crippen molar-refractivity contribution >= 4 is 5.71 Å². The van der Waals surface area contributed by atoms with Crippen LogP contribution in [0.15, 0.2) is 28.9 Å². The highest BCUT2D eigenvalue weighted by atomic mass is 14.9. The summed E-state index contributed by atoms with van der Waals surface area (Å²) < 4.78 is 0. The molecule has 1 fully saturated rings. The van der Waals surface area contributed by atoms with Gasteiger partial charge >= 0.3 is 0 Å². The molecule has 0 bridgehead atoms. The number of hydrogen-bond acceptors (Lipinski definition) is 2. The van der Waals surface area contributed by atoms with Gasteiger partial charge in [0.05, 0.1) is 0 Å². The third-order valence-corrected chi connectivity index (χ3v) is 2.86. The van der Waals surface area contributed by atoms with Crippen molar-refractivity contribution in [3.8, 4) is 0 Å². The molecule has 1 aliphatic rings. The summed E-state index contributed by atoms with van der Waals surface area (Å²) >= 11 is 0. The molecule has 1 aliphatic heterocycles. The van der Waals surface area contributed by atoms with Gasteiger partial charge in [-0.2, -0.15) is 0 Å². The molecule has 0 amide bonds. The fraction of sp³-hybridized carbons (Fsp3) is 0.615. The summed E-state index contributed by atoms with van der Waals surface area (Å²) in [5.74, 6) is 0.730. The van der Waals surface area contributed by atoms with Gasteiger partial charge in [0, 0.05) is 11.9 Å². The fourth-order valence-electron chi connectivity index (χ4n) is 1.87. The van der Waals surface area contributed by atoms with Crippen molar-refractivity contribution in [2.24, 2.45) is 10.9 Å². The van der Waals surface area contributed by atoms with Crippen LogP contribution in [0.3, 0.4) is 0 Å². The number of allylic oxidation sites excluding steroid dienone is 3. The molecule has 0 unspecified atom stereocenters. The topological polar surface area (TPSA) is 24.4 Å². The zero-order valence-corrected chi connectivity index (χ0v) is 10.1. The van der Waals surface area contributed by atoms with Gasteiger partial charge in [0.25, 0.3) is 0 Å². The standard InChI is InChI=1S/C13H22N2/c1-4-5-12(3)15-10-11(2)13-6-8-14-9-7-13/h4-5,10,13-14H,6-9H2,1-3H3/b5-4-,11-10+,15-12-. The van der Waals surface area contributed by atoms with E-state index in [1.54, 1.807) is 0 Å². The molecule has 2 nitrogen and oxygen atoms in total. The molecule has 1 saturated heterocycles. The van der Waals surface area contributed by atoms with Gasteiger partial charge in [-0.3, -0.25) is 4.99 Å². The zero-order valence-electron chi connectivity index (χ0n) is 10.1. The molecule has 0 aromatic carbocycles. The van der Waals surface area contributed by atoms with Gasteiger partial charge in [-0.15, -0.1) is 0 Å². The molecule has 1 rings (SSSR count). The van der Waals surface area contributed by atoms with E-state index in [2.05, 4.69) is 17.2 Å². The Kier molecular flexibility index (Phi) is 5.33. The lowest BCUT2D eigenvalue weighted by Crippen LogP contribution is -2.28. The largest absolute Gasteiger partial charge is 0.317 e. The van der Waals surface area contributed by atoms with Crippen molar-refractivity contribution < 1.29 is 0 Å². The second-order valence-electron chi connectivity index (χ2n) is 4.17. The Hall–Kier alpha value is -0.890. The number of nitrogens with one attached hydrogen (secondary N) is 1. The molecule has 0 spiro atoms. The van der Waals surface area contributed by atoms with Crippen molar-refractivity contribution in [2.45, 2.75) is 33.6 Å². The Morgan fingerprint density at radius 2 is 1.93 bits per heavy atom. The Labute approximate surface area is 93.2 Å². The fourth-order valence-corrected chi connectivity index (χ4v) is 1.87. The van der Waals surface area contributed by atoms with Crippen LogP contribution in [0.4, 0.5) is 0 Å². The van der Waals surface area contributed by atoms with E-state index in [1.807, 2.05) is 32.2 Å². The first-order valence-electron chi connectivity index (χ1n) is 5.78. The summed E-state index contributed by atoms with van der Waals surface area (Å²) in [6.07, 6.45) is 8.59. The maximum atomic E-state index is 4.44. The third kappa shape index (κ3) is 4.43. The minimum Gasteiger partial charge on any atom is -0.317 e. The minimum absolute atomic E-state index is 0.730. The van der Waals surface area contributed by atoms with E-state index in [-0.39, 0.29) is 0 Å². The molecule has 84 valence electrons. The van der Waals surface area contributed by atoms with Crippen molar-refractivity contribution in [1.29, 1.82) is 0 Å². The van der Waals surface area contributed by atoms with E-state index in [9.17, 15) is 0 Å². The first-order chi connectivity index (χ1) is 7.24. The van der Waals surface area contributed by atoms with Gasteiger partial charge in [0.2, 0.25) is 0 Å². The molecule has 0 aromatic rings. The van der Waals surface area contributed by atoms with Crippen molar-refractivity contribution in [2.75, 3.05) is 13.1 Å². The molecular weight excluding hydrogens is 184 g/mol. The number of hydrogen-bond donors (Lipinski definition) is 1. The van der Waals surface area contributed by atoms with E-state index in [4.69, 9.17) is 0 Å². The average molecular weight is 206 g/mol. The molecule has 15 heavy (non-hydrogen) atoms. The molecule has 0 aliphatic carbocycles. The van der Waals surface area contributed by atoms with E-state index < -0.39 is 0 Å². The van der Waals surface area contributed by atoms with Crippen LogP contribution in [0, 0.1) is 5.92 Å². The summed E-state index contributed by atoms with van der Waals surface area (Å²) in [4.78, 5) is 4.44. The van der Waals surface area contributed by atoms with Crippen LogP contribution < -0.4 is 5.32 Å². The molecule has 1 heterocycles. The first kappa shape index (κ1) is 12.2. The third-order valence-electron chi connectivity index (χ3n) is 2.86. The second-order valence-corrected chi connectivity index (χ2v) is 4.17. The Bertz CT molecular complexity index is 268. The molecule has 2 heteroatoms. The summed E-state index contributed by atoms with van der Waals surface area (Å²) in [6, 6.07) is 0. The van der Waals surface area contributed by atoms with Crippen molar-refractivity contribution in [3.05, 3.63) is 23.9 Å². The Morgan fingerprint density at radius 1 is 1.27 bits per heavy atom. The van der Waals surface area contributed by atoms with Gasteiger partial charge in [0.1, 0.15) is 0 Å². The number of piperidine rings is 1. The lowest BCUT2D eigenvalue weighted by molar-refractivity contribution is 0.419. The quantitative estimate of drug-likeness (QED) is 0.705. The normalized spacial score (nSPS) is 21.3.